The van der Waals surface area contributed by atoms with E-state index in [0.29, 0.717) is 54.4 Å². The Labute approximate surface area is 238 Å². The first-order valence-corrected chi connectivity index (χ1v) is 14.6. The van der Waals surface area contributed by atoms with Crippen LogP contribution in [0.5, 0.6) is 0 Å². The van der Waals surface area contributed by atoms with E-state index in [1.54, 1.807) is 16.3 Å². The van der Waals surface area contributed by atoms with Crippen molar-refractivity contribution in [1.29, 1.82) is 5.41 Å². The van der Waals surface area contributed by atoms with Crippen molar-refractivity contribution < 1.29 is 14.4 Å². The van der Waals surface area contributed by atoms with Gasteiger partial charge in [0.2, 0.25) is 5.91 Å². The highest BCUT2D eigenvalue weighted by molar-refractivity contribution is 7.17. The van der Waals surface area contributed by atoms with Gasteiger partial charge in [0.1, 0.15) is 16.7 Å². The van der Waals surface area contributed by atoms with Crippen LogP contribution in [-0.2, 0) is 4.79 Å². The van der Waals surface area contributed by atoms with Crippen molar-refractivity contribution in [3.05, 3.63) is 50.2 Å². The number of nitrogens with two attached hydrogens (primary N) is 2. The van der Waals surface area contributed by atoms with Gasteiger partial charge in [-0.2, -0.15) is 0 Å². The fraction of sp³-hybridized carbons (Fsp3) is 0.400. The molecule has 14 heteroatoms. The second kappa shape index (κ2) is 12.7. The Morgan fingerprint density at radius 1 is 1.26 bits per heavy atom. The largest absolute Gasteiger partial charge is 0.370 e. The van der Waals surface area contributed by atoms with Gasteiger partial charge in [0.25, 0.3) is 11.8 Å². The number of thiophene rings is 1. The molecule has 39 heavy (non-hydrogen) atoms. The van der Waals surface area contributed by atoms with Crippen LogP contribution in [0.25, 0.3) is 10.1 Å². The lowest BCUT2D eigenvalue weighted by Gasteiger charge is -2.23. The Bertz CT molecular complexity index is 1380. The maximum absolute atomic E-state index is 13.5. The van der Waals surface area contributed by atoms with Gasteiger partial charge in [-0.05, 0) is 37.8 Å². The molecule has 3 aromatic rings. The third-order valence-corrected chi connectivity index (χ3v) is 8.85. The van der Waals surface area contributed by atoms with Crippen LogP contribution in [0.15, 0.2) is 29.0 Å². The summed E-state index contributed by atoms with van der Waals surface area (Å²) in [6.45, 7) is 0.887. The lowest BCUT2D eigenvalue weighted by Crippen LogP contribution is -2.45. The molecule has 4 rings (SSSR count). The first kappa shape index (κ1) is 28.7. The van der Waals surface area contributed by atoms with Crippen LogP contribution in [0.3, 0.4) is 0 Å². The molecule has 0 bridgehead atoms. The number of benzene rings is 1. The summed E-state index contributed by atoms with van der Waals surface area (Å²) in [5.41, 5.74) is 12.3. The Hall–Kier alpha value is -3.26. The molecule has 0 spiro atoms. The fourth-order valence-corrected chi connectivity index (χ4v) is 6.67. The van der Waals surface area contributed by atoms with Gasteiger partial charge in [-0.25, -0.2) is 4.98 Å². The number of hydrogen-bond acceptors (Lipinski definition) is 8. The molecule has 1 aliphatic heterocycles. The summed E-state index contributed by atoms with van der Waals surface area (Å²) in [5.74, 6) is -1.03. The van der Waals surface area contributed by atoms with E-state index in [9.17, 15) is 14.4 Å². The lowest BCUT2D eigenvalue weighted by molar-refractivity contribution is -0.122. The van der Waals surface area contributed by atoms with E-state index < -0.39 is 11.9 Å². The van der Waals surface area contributed by atoms with Crippen molar-refractivity contribution in [3.63, 3.8) is 0 Å². The lowest BCUT2D eigenvalue weighted by atomic mass is 10.1. The van der Waals surface area contributed by atoms with Crippen LogP contribution >= 0.6 is 34.3 Å². The average Bonchev–Trinajstić information content (AvgIpc) is 3.65. The third-order valence-electron chi connectivity index (χ3n) is 6.51. The van der Waals surface area contributed by atoms with Crippen LogP contribution in [-0.4, -0.2) is 65.8 Å². The monoisotopic (exact) mass is 590 g/mol. The predicted molar refractivity (Wildman–Crippen MR) is 154 cm³/mol. The number of likely N-dealkylation sites (N-methyl/N-ethyl adjacent to an activating group) is 1. The molecule has 0 aliphatic carbocycles. The van der Waals surface area contributed by atoms with Crippen molar-refractivity contribution in [3.8, 4) is 0 Å². The molecule has 1 aromatic carbocycles. The number of fused-ring (bicyclic) bond motifs is 1. The number of amides is 3. The molecule has 8 N–H and O–H groups in total. The Kier molecular flexibility index (Phi) is 9.38. The number of nitrogens with one attached hydrogen (secondary N) is 4. The summed E-state index contributed by atoms with van der Waals surface area (Å²) in [6, 6.07) is 4.15. The van der Waals surface area contributed by atoms with Crippen LogP contribution in [0.4, 0.5) is 0 Å². The van der Waals surface area contributed by atoms with Crippen molar-refractivity contribution in [2.24, 2.45) is 11.5 Å². The van der Waals surface area contributed by atoms with Crippen LogP contribution in [0.1, 0.15) is 57.6 Å². The second-order valence-electron chi connectivity index (χ2n) is 9.31. The zero-order valence-corrected chi connectivity index (χ0v) is 23.7. The summed E-state index contributed by atoms with van der Waals surface area (Å²) in [7, 11) is 1.51. The average molecular weight is 591 g/mol. The van der Waals surface area contributed by atoms with E-state index in [0.717, 1.165) is 10.1 Å². The van der Waals surface area contributed by atoms with Crippen molar-refractivity contribution in [2.45, 2.75) is 43.8 Å². The van der Waals surface area contributed by atoms with E-state index in [2.05, 4.69) is 20.9 Å². The van der Waals surface area contributed by atoms with E-state index >= 15 is 0 Å². The number of halogens is 1. The molecule has 0 saturated carbocycles. The van der Waals surface area contributed by atoms with E-state index in [-0.39, 0.29) is 35.6 Å². The zero-order valence-electron chi connectivity index (χ0n) is 21.3. The normalized spacial score (nSPS) is 17.7. The summed E-state index contributed by atoms with van der Waals surface area (Å²) >= 11 is 8.98. The van der Waals surface area contributed by atoms with E-state index in [1.165, 1.54) is 29.7 Å². The zero-order chi connectivity index (χ0) is 28.1. The van der Waals surface area contributed by atoms with Gasteiger partial charge in [0, 0.05) is 52.6 Å². The smallest absolute Gasteiger partial charge is 0.271 e. The quantitative estimate of drug-likeness (QED) is 0.119. The maximum atomic E-state index is 13.5. The van der Waals surface area contributed by atoms with E-state index in [1.807, 2.05) is 17.5 Å². The fourth-order valence-electron chi connectivity index (χ4n) is 4.54. The molecule has 3 amide bonds. The van der Waals surface area contributed by atoms with Gasteiger partial charge < -0.3 is 32.3 Å². The van der Waals surface area contributed by atoms with Gasteiger partial charge in [0.15, 0.2) is 5.96 Å². The number of thiazole rings is 1. The standard InChI is InChI=1S/C25H31ClN8O3S2/c1-30-21(35)17(4-2-3-7-31-25(28)29)32-22(36)18-12-39-23(33-18)19-9-14(27)10-34(19)24(37)13-5-6-15-16(26)11-38-20(15)8-13/h5-6,8,11-12,14,17,19H,2-4,7,9-10,27H2,1H3,(H,30,35)(H,32,36)(H4,28,29,31)/t14-,17?,19+/m1/s1. The molecular formula is C25H31ClN8O3S2. The van der Waals surface area contributed by atoms with Crippen molar-refractivity contribution in [1.82, 2.24) is 25.8 Å². The molecule has 1 fully saturated rings. The number of guanidine groups is 1. The van der Waals surface area contributed by atoms with Gasteiger partial charge in [-0.15, -0.1) is 22.7 Å². The highest BCUT2D eigenvalue weighted by atomic mass is 35.5. The van der Waals surface area contributed by atoms with Crippen molar-refractivity contribution >= 4 is 68.0 Å². The maximum Gasteiger partial charge on any atom is 0.271 e. The van der Waals surface area contributed by atoms with E-state index in [4.69, 9.17) is 28.5 Å². The van der Waals surface area contributed by atoms with Gasteiger partial charge in [-0.1, -0.05) is 17.7 Å². The van der Waals surface area contributed by atoms with Crippen LogP contribution in [0, 0.1) is 5.41 Å². The number of carbonyl (C=O) groups is 3. The number of rotatable bonds is 10. The molecule has 1 aliphatic rings. The first-order chi connectivity index (χ1) is 18.7. The summed E-state index contributed by atoms with van der Waals surface area (Å²) in [4.78, 5) is 45.1. The molecule has 1 saturated heterocycles. The molecular weight excluding hydrogens is 560 g/mol. The number of likely N-dealkylation sites (tertiary alicyclic amines) is 1. The SMILES string of the molecule is CNC(=O)C(CCCCNC(=N)N)NC(=O)c1csc([C@@H]2C[C@@H](N)CN2C(=O)c2ccc3c(Cl)csc3c2)n1. The number of aromatic nitrogens is 1. The topological polar surface area (TPSA) is 179 Å². The predicted octanol–water partition coefficient (Wildman–Crippen LogP) is 2.42. The molecule has 2 aromatic heterocycles. The number of unbranched alkanes of at least 4 members (excludes halogenated alkanes) is 1. The van der Waals surface area contributed by atoms with Crippen molar-refractivity contribution in [2.75, 3.05) is 20.1 Å². The second-order valence-corrected chi connectivity index (χ2v) is 11.5. The van der Waals surface area contributed by atoms with Gasteiger partial charge in [0.05, 0.1) is 11.1 Å². The molecule has 11 nitrogen and oxygen atoms in total. The first-order valence-electron chi connectivity index (χ1n) is 12.5. The minimum Gasteiger partial charge on any atom is -0.370 e. The number of hydrogen-bond donors (Lipinski definition) is 6. The van der Waals surface area contributed by atoms with Crippen LogP contribution < -0.4 is 27.4 Å². The summed E-state index contributed by atoms with van der Waals surface area (Å²) < 4.78 is 0.930. The highest BCUT2D eigenvalue weighted by Gasteiger charge is 2.37. The molecule has 3 atom stereocenters. The minimum atomic E-state index is -0.733. The Morgan fingerprint density at radius 3 is 2.79 bits per heavy atom. The third kappa shape index (κ3) is 6.85. The number of nitrogens with zero attached hydrogens (tertiary/aromatic N) is 2. The molecule has 3 heterocycles. The molecule has 1 unspecified atom stereocenters. The Balaban J connectivity index is 1.43. The number of carbonyl (C=O) groups excluding carboxylic acids is 3. The summed E-state index contributed by atoms with van der Waals surface area (Å²) in [5, 5.41) is 20.9. The van der Waals surface area contributed by atoms with Gasteiger partial charge >= 0.3 is 0 Å². The highest BCUT2D eigenvalue weighted by Crippen LogP contribution is 2.36. The minimum absolute atomic E-state index is 0.109. The van der Waals surface area contributed by atoms with Crippen LogP contribution in [0.2, 0.25) is 5.02 Å². The molecule has 0 radical (unpaired) electrons. The Morgan fingerprint density at radius 2 is 2.05 bits per heavy atom. The van der Waals surface area contributed by atoms with Gasteiger partial charge in [-0.3, -0.25) is 19.8 Å². The molecule has 208 valence electrons. The summed E-state index contributed by atoms with van der Waals surface area (Å²) in [6.07, 6.45) is 2.27.